The van der Waals surface area contributed by atoms with Crippen molar-refractivity contribution in [2.24, 2.45) is 23.5 Å². The van der Waals surface area contributed by atoms with Gasteiger partial charge in [0, 0.05) is 6.04 Å². The van der Waals surface area contributed by atoms with E-state index in [-0.39, 0.29) is 12.5 Å². The lowest BCUT2D eigenvalue weighted by molar-refractivity contribution is -0.137. The molecule has 2 aliphatic rings. The van der Waals surface area contributed by atoms with Gasteiger partial charge in [-0.3, -0.25) is 4.79 Å². The third-order valence-corrected chi connectivity index (χ3v) is 3.29. The van der Waals surface area contributed by atoms with Crippen molar-refractivity contribution in [1.82, 2.24) is 0 Å². The second kappa shape index (κ2) is 3.14. The summed E-state index contributed by atoms with van der Waals surface area (Å²) in [5.41, 5.74) is 5.85. The van der Waals surface area contributed by atoms with Gasteiger partial charge in [-0.1, -0.05) is 12.2 Å². The molecule has 3 nitrogen and oxygen atoms in total. The molecule has 72 valence electrons. The van der Waals surface area contributed by atoms with Gasteiger partial charge in [0.2, 0.25) is 0 Å². The Kier molecular flexibility index (Phi) is 2.12. The minimum Gasteiger partial charge on any atom is -0.481 e. The zero-order valence-corrected chi connectivity index (χ0v) is 7.52. The molecule has 2 rings (SSSR count). The normalized spacial score (nSPS) is 38.1. The molecular formula is C10H15NO2. The van der Waals surface area contributed by atoms with Crippen LogP contribution in [0.5, 0.6) is 0 Å². The molecule has 0 aromatic rings. The summed E-state index contributed by atoms with van der Waals surface area (Å²) in [7, 11) is 0. The Balaban J connectivity index is 1.95. The molecule has 0 aromatic carbocycles. The van der Waals surface area contributed by atoms with Crippen molar-refractivity contribution >= 4 is 5.97 Å². The lowest BCUT2D eigenvalue weighted by Crippen LogP contribution is -2.34. The topological polar surface area (TPSA) is 63.3 Å². The zero-order valence-electron chi connectivity index (χ0n) is 7.52. The first kappa shape index (κ1) is 8.75. The maximum atomic E-state index is 10.5. The van der Waals surface area contributed by atoms with Crippen LogP contribution in [0.2, 0.25) is 0 Å². The van der Waals surface area contributed by atoms with Crippen LogP contribution in [0, 0.1) is 17.8 Å². The van der Waals surface area contributed by atoms with E-state index in [4.69, 9.17) is 10.8 Å². The van der Waals surface area contributed by atoms with E-state index >= 15 is 0 Å². The van der Waals surface area contributed by atoms with Gasteiger partial charge in [0.1, 0.15) is 0 Å². The number of carboxylic acid groups (broad SMARTS) is 1. The van der Waals surface area contributed by atoms with E-state index in [2.05, 4.69) is 12.2 Å². The van der Waals surface area contributed by atoms with Gasteiger partial charge in [-0.25, -0.2) is 0 Å². The van der Waals surface area contributed by atoms with Crippen LogP contribution >= 0.6 is 0 Å². The largest absolute Gasteiger partial charge is 0.481 e. The molecule has 0 unspecified atom stereocenters. The van der Waals surface area contributed by atoms with Gasteiger partial charge in [0.15, 0.2) is 0 Å². The molecule has 0 saturated heterocycles. The third kappa shape index (κ3) is 1.61. The molecule has 4 atom stereocenters. The Morgan fingerprint density at radius 3 is 2.77 bits per heavy atom. The van der Waals surface area contributed by atoms with E-state index in [1.807, 2.05) is 0 Å². The molecule has 0 amide bonds. The molecule has 0 aromatic heterocycles. The SMILES string of the molecule is N[C@H](CC(=O)O)[C@@H]1C[C@H]2C=C[C@@H]1C2. The predicted molar refractivity (Wildman–Crippen MR) is 49.1 cm³/mol. The van der Waals surface area contributed by atoms with Crippen LogP contribution < -0.4 is 5.73 Å². The number of carboxylic acids is 1. The van der Waals surface area contributed by atoms with E-state index in [1.165, 1.54) is 6.42 Å². The Morgan fingerprint density at radius 1 is 1.54 bits per heavy atom. The first-order chi connectivity index (χ1) is 6.16. The van der Waals surface area contributed by atoms with Crippen molar-refractivity contribution in [2.45, 2.75) is 25.3 Å². The zero-order chi connectivity index (χ0) is 9.42. The minimum atomic E-state index is -0.778. The molecule has 0 aliphatic heterocycles. The van der Waals surface area contributed by atoms with Crippen LogP contribution in [-0.2, 0) is 4.79 Å². The average molecular weight is 181 g/mol. The number of carbonyl (C=O) groups is 1. The van der Waals surface area contributed by atoms with Gasteiger partial charge in [-0.15, -0.1) is 0 Å². The van der Waals surface area contributed by atoms with Crippen LogP contribution in [0.3, 0.4) is 0 Å². The summed E-state index contributed by atoms with van der Waals surface area (Å²) >= 11 is 0. The number of hydrogen-bond acceptors (Lipinski definition) is 2. The third-order valence-electron chi connectivity index (χ3n) is 3.29. The van der Waals surface area contributed by atoms with Crippen LogP contribution in [0.4, 0.5) is 0 Å². The fourth-order valence-corrected chi connectivity index (χ4v) is 2.67. The number of allylic oxidation sites excluding steroid dienone is 2. The van der Waals surface area contributed by atoms with Gasteiger partial charge in [0.05, 0.1) is 6.42 Å². The van der Waals surface area contributed by atoms with Crippen molar-refractivity contribution in [3.8, 4) is 0 Å². The highest BCUT2D eigenvalue weighted by molar-refractivity contribution is 5.67. The van der Waals surface area contributed by atoms with Gasteiger partial charge < -0.3 is 10.8 Å². The van der Waals surface area contributed by atoms with Gasteiger partial charge in [-0.2, -0.15) is 0 Å². The molecule has 1 saturated carbocycles. The first-order valence-electron chi connectivity index (χ1n) is 4.82. The number of nitrogens with two attached hydrogens (primary N) is 1. The minimum absolute atomic E-state index is 0.113. The molecule has 0 heterocycles. The summed E-state index contributed by atoms with van der Waals surface area (Å²) < 4.78 is 0. The quantitative estimate of drug-likeness (QED) is 0.638. The van der Waals surface area contributed by atoms with Crippen molar-refractivity contribution < 1.29 is 9.90 Å². The summed E-state index contributed by atoms with van der Waals surface area (Å²) in [6.07, 6.45) is 6.85. The summed E-state index contributed by atoms with van der Waals surface area (Å²) in [6, 6.07) is -0.155. The Bertz CT molecular complexity index is 249. The summed E-state index contributed by atoms with van der Waals surface area (Å²) in [5.74, 6) is 0.861. The van der Waals surface area contributed by atoms with E-state index in [9.17, 15) is 4.79 Å². The highest BCUT2D eigenvalue weighted by Crippen LogP contribution is 2.44. The van der Waals surface area contributed by atoms with E-state index in [0.29, 0.717) is 17.8 Å². The van der Waals surface area contributed by atoms with Crippen molar-refractivity contribution in [2.75, 3.05) is 0 Å². The van der Waals surface area contributed by atoms with E-state index < -0.39 is 5.97 Å². The highest BCUT2D eigenvalue weighted by atomic mass is 16.4. The van der Waals surface area contributed by atoms with Crippen molar-refractivity contribution in [1.29, 1.82) is 0 Å². The van der Waals surface area contributed by atoms with Gasteiger partial charge >= 0.3 is 5.97 Å². The molecule has 0 radical (unpaired) electrons. The number of fused-ring (bicyclic) bond motifs is 2. The standard InChI is InChI=1S/C10H15NO2/c11-9(5-10(12)13)8-4-6-1-2-7(8)3-6/h1-2,6-9H,3-5,11H2,(H,12,13)/t6-,7+,8+,9+/m0/s1. The maximum absolute atomic E-state index is 10.5. The molecule has 3 N–H and O–H groups in total. The highest BCUT2D eigenvalue weighted by Gasteiger charge is 2.39. The molecule has 1 fully saturated rings. The number of hydrogen-bond donors (Lipinski definition) is 2. The van der Waals surface area contributed by atoms with Crippen LogP contribution in [0.15, 0.2) is 12.2 Å². The Hall–Kier alpha value is -0.830. The fourth-order valence-electron chi connectivity index (χ4n) is 2.67. The molecule has 0 spiro atoms. The molecular weight excluding hydrogens is 166 g/mol. The van der Waals surface area contributed by atoms with Crippen molar-refractivity contribution in [3.63, 3.8) is 0 Å². The number of aliphatic carboxylic acids is 1. The monoisotopic (exact) mass is 181 g/mol. The Labute approximate surface area is 77.6 Å². The van der Waals surface area contributed by atoms with E-state index in [1.54, 1.807) is 0 Å². The second-order valence-corrected chi connectivity index (χ2v) is 4.21. The van der Waals surface area contributed by atoms with Crippen LogP contribution in [0.25, 0.3) is 0 Å². The maximum Gasteiger partial charge on any atom is 0.304 e. The summed E-state index contributed by atoms with van der Waals surface area (Å²) in [4.78, 5) is 10.5. The smallest absolute Gasteiger partial charge is 0.304 e. The van der Waals surface area contributed by atoms with Crippen LogP contribution in [0.1, 0.15) is 19.3 Å². The first-order valence-corrected chi connectivity index (χ1v) is 4.82. The van der Waals surface area contributed by atoms with Crippen molar-refractivity contribution in [3.05, 3.63) is 12.2 Å². The fraction of sp³-hybridized carbons (Fsp3) is 0.700. The lowest BCUT2D eigenvalue weighted by atomic mass is 9.86. The molecule has 3 heteroatoms. The average Bonchev–Trinajstić information content (AvgIpc) is 2.62. The number of rotatable bonds is 3. The lowest BCUT2D eigenvalue weighted by Gasteiger charge is -2.23. The summed E-state index contributed by atoms with van der Waals surface area (Å²) in [5, 5.41) is 8.62. The molecule has 13 heavy (non-hydrogen) atoms. The van der Waals surface area contributed by atoms with E-state index in [0.717, 1.165) is 6.42 Å². The molecule has 2 bridgehead atoms. The van der Waals surface area contributed by atoms with Crippen LogP contribution in [-0.4, -0.2) is 17.1 Å². The molecule has 2 aliphatic carbocycles. The van der Waals surface area contributed by atoms with Gasteiger partial charge in [-0.05, 0) is 30.6 Å². The Morgan fingerprint density at radius 2 is 2.31 bits per heavy atom. The second-order valence-electron chi connectivity index (χ2n) is 4.21. The van der Waals surface area contributed by atoms with Gasteiger partial charge in [0.25, 0.3) is 0 Å². The predicted octanol–water partition coefficient (Wildman–Crippen LogP) is 1.00. The summed E-state index contributed by atoms with van der Waals surface area (Å²) in [6.45, 7) is 0.